The standard InChI is InChI=1S/C43H23N3S/c1-2-6-29(7-3-1)46-32-9-5-4-8-31(32)44-43(46)28-11-10-27-23-30(17-12-26(27)22-28)45-33-18-13-24-15-20-35-41-37(24)39(33)40-34(45)19-14-25-16-21-36(47-35)42(41)38(25)40/h1-23H. The third kappa shape index (κ3) is 3.00. The number of aromatic nitrogens is 3. The topological polar surface area (TPSA) is 22.8 Å². The van der Waals surface area contributed by atoms with Gasteiger partial charge in [0.2, 0.25) is 0 Å². The van der Waals surface area contributed by atoms with Crippen LogP contribution < -0.4 is 0 Å². The van der Waals surface area contributed by atoms with Gasteiger partial charge in [0, 0.05) is 58.7 Å². The Morgan fingerprint density at radius 2 is 1.02 bits per heavy atom. The summed E-state index contributed by atoms with van der Waals surface area (Å²) in [6.07, 6.45) is 0. The Morgan fingerprint density at radius 1 is 0.404 bits per heavy atom. The predicted octanol–water partition coefficient (Wildman–Crippen LogP) is 11.9. The maximum atomic E-state index is 5.11. The Labute approximate surface area is 272 Å². The maximum Gasteiger partial charge on any atom is 0.145 e. The summed E-state index contributed by atoms with van der Waals surface area (Å²) in [5.74, 6) is 0.952. The number of para-hydroxylation sites is 3. The fourth-order valence-corrected chi connectivity index (χ4v) is 9.54. The summed E-state index contributed by atoms with van der Waals surface area (Å²) in [5, 5.41) is 13.5. The molecule has 12 aromatic rings. The Balaban J connectivity index is 1.10. The van der Waals surface area contributed by atoms with Gasteiger partial charge in [-0.15, -0.1) is 11.3 Å². The zero-order valence-corrected chi connectivity index (χ0v) is 25.8. The van der Waals surface area contributed by atoms with Crippen molar-refractivity contribution < 1.29 is 0 Å². The first-order valence-electron chi connectivity index (χ1n) is 16.1. The minimum atomic E-state index is 0.952. The highest BCUT2D eigenvalue weighted by Gasteiger charge is 2.25. The molecule has 3 heterocycles. The van der Waals surface area contributed by atoms with Crippen molar-refractivity contribution in [1.29, 1.82) is 0 Å². The smallest absolute Gasteiger partial charge is 0.145 e. The molecule has 47 heavy (non-hydrogen) atoms. The Morgan fingerprint density at radius 3 is 1.77 bits per heavy atom. The van der Waals surface area contributed by atoms with Gasteiger partial charge in [0.1, 0.15) is 5.82 Å². The second-order valence-electron chi connectivity index (χ2n) is 12.8. The summed E-state index contributed by atoms with van der Waals surface area (Å²) < 4.78 is 7.51. The number of thiophene rings is 1. The molecule has 0 aliphatic rings. The molecule has 0 saturated heterocycles. The van der Waals surface area contributed by atoms with Crippen LogP contribution in [-0.2, 0) is 0 Å². The predicted molar refractivity (Wildman–Crippen MR) is 200 cm³/mol. The highest BCUT2D eigenvalue weighted by atomic mass is 32.1. The van der Waals surface area contributed by atoms with Gasteiger partial charge in [0.25, 0.3) is 0 Å². The highest BCUT2D eigenvalue weighted by molar-refractivity contribution is 7.26. The molecule has 12 rings (SSSR count). The van der Waals surface area contributed by atoms with Crippen molar-refractivity contribution in [3.8, 4) is 22.8 Å². The van der Waals surface area contributed by atoms with Crippen molar-refractivity contribution in [2.75, 3.05) is 0 Å². The zero-order valence-electron chi connectivity index (χ0n) is 25.0. The molecular formula is C43H23N3S. The normalized spacial score (nSPS) is 12.7. The lowest BCUT2D eigenvalue weighted by Crippen LogP contribution is -1.97. The van der Waals surface area contributed by atoms with Crippen LogP contribution in [0.15, 0.2) is 140 Å². The molecule has 9 aromatic carbocycles. The molecule has 0 spiro atoms. The fourth-order valence-electron chi connectivity index (χ4n) is 8.42. The van der Waals surface area contributed by atoms with Gasteiger partial charge in [0.15, 0.2) is 0 Å². The Hall–Kier alpha value is -5.97. The van der Waals surface area contributed by atoms with Crippen molar-refractivity contribution in [2.24, 2.45) is 0 Å². The molecule has 0 atom stereocenters. The van der Waals surface area contributed by atoms with Crippen LogP contribution in [0, 0.1) is 0 Å². The monoisotopic (exact) mass is 613 g/mol. The summed E-state index contributed by atoms with van der Waals surface area (Å²) in [7, 11) is 0. The van der Waals surface area contributed by atoms with Crippen LogP contribution in [-0.4, -0.2) is 14.1 Å². The third-order valence-electron chi connectivity index (χ3n) is 10.4. The van der Waals surface area contributed by atoms with Gasteiger partial charge in [-0.2, -0.15) is 0 Å². The largest absolute Gasteiger partial charge is 0.309 e. The molecule has 0 N–H and O–H groups in total. The molecule has 0 aliphatic heterocycles. The van der Waals surface area contributed by atoms with E-state index in [0.717, 1.165) is 28.1 Å². The SMILES string of the molecule is c1ccc(-n2c(-c3ccc4cc(-n5c6ccc7ccc8sc9ccc%10ccc5c5c%10c9c8c7c56)ccc4c3)nc3ccccc32)cc1. The van der Waals surface area contributed by atoms with E-state index in [4.69, 9.17) is 4.98 Å². The van der Waals surface area contributed by atoms with E-state index in [1.54, 1.807) is 0 Å². The fraction of sp³-hybridized carbons (Fsp3) is 0. The molecule has 0 bridgehead atoms. The van der Waals surface area contributed by atoms with Gasteiger partial charge in [0.05, 0.1) is 22.1 Å². The van der Waals surface area contributed by atoms with Gasteiger partial charge in [-0.25, -0.2) is 4.98 Å². The molecule has 3 aromatic heterocycles. The molecule has 0 radical (unpaired) electrons. The molecule has 0 aliphatic carbocycles. The van der Waals surface area contributed by atoms with E-state index >= 15 is 0 Å². The van der Waals surface area contributed by atoms with Gasteiger partial charge in [-0.1, -0.05) is 72.8 Å². The van der Waals surface area contributed by atoms with Crippen LogP contribution in [0.4, 0.5) is 0 Å². The Kier molecular flexibility index (Phi) is 4.36. The number of rotatable bonds is 3. The van der Waals surface area contributed by atoms with Gasteiger partial charge in [-0.05, 0) is 88.3 Å². The summed E-state index contributed by atoms with van der Waals surface area (Å²) >= 11 is 1.92. The van der Waals surface area contributed by atoms with E-state index in [1.807, 2.05) is 11.3 Å². The molecule has 0 saturated carbocycles. The lowest BCUT2D eigenvalue weighted by Gasteiger charge is -2.12. The minimum absolute atomic E-state index is 0.952. The lowest BCUT2D eigenvalue weighted by molar-refractivity contribution is 1.10. The molecular weight excluding hydrogens is 591 g/mol. The van der Waals surface area contributed by atoms with Crippen LogP contribution in [0.5, 0.6) is 0 Å². The molecule has 4 heteroatoms. The van der Waals surface area contributed by atoms with E-state index in [9.17, 15) is 0 Å². The van der Waals surface area contributed by atoms with E-state index in [0.29, 0.717) is 0 Å². The quantitative estimate of drug-likeness (QED) is 0.144. The van der Waals surface area contributed by atoms with Crippen LogP contribution in [0.25, 0.3) is 108 Å². The third-order valence-corrected chi connectivity index (χ3v) is 11.5. The first-order chi connectivity index (χ1) is 23.3. The van der Waals surface area contributed by atoms with Crippen molar-refractivity contribution >= 4 is 96.7 Å². The summed E-state index contributed by atoms with van der Waals surface area (Å²) in [6, 6.07) is 51.1. The zero-order chi connectivity index (χ0) is 30.4. The molecule has 0 fully saturated rings. The van der Waals surface area contributed by atoms with Gasteiger partial charge in [-0.3, -0.25) is 4.57 Å². The number of hydrogen-bond donors (Lipinski definition) is 0. The van der Waals surface area contributed by atoms with E-state index in [2.05, 4.69) is 149 Å². The van der Waals surface area contributed by atoms with Crippen molar-refractivity contribution in [2.45, 2.75) is 0 Å². The van der Waals surface area contributed by atoms with E-state index in [-0.39, 0.29) is 0 Å². The highest BCUT2D eigenvalue weighted by Crippen LogP contribution is 2.52. The summed E-state index contributed by atoms with van der Waals surface area (Å²) in [5.41, 5.74) is 8.04. The average molecular weight is 614 g/mol. The van der Waals surface area contributed by atoms with E-state index in [1.165, 1.54) is 80.0 Å². The first kappa shape index (κ1) is 24.3. The average Bonchev–Trinajstić information content (AvgIpc) is 3.81. The number of fused-ring (bicyclic) bond motifs is 2. The van der Waals surface area contributed by atoms with Crippen molar-refractivity contribution in [3.63, 3.8) is 0 Å². The lowest BCUT2D eigenvalue weighted by atomic mass is 9.90. The molecule has 0 amide bonds. The molecule has 0 unspecified atom stereocenters. The summed E-state index contributed by atoms with van der Waals surface area (Å²) in [6.45, 7) is 0. The van der Waals surface area contributed by atoms with Gasteiger partial charge >= 0.3 is 0 Å². The number of imidazole rings is 1. The van der Waals surface area contributed by atoms with E-state index < -0.39 is 0 Å². The van der Waals surface area contributed by atoms with Crippen LogP contribution in [0.3, 0.4) is 0 Å². The molecule has 3 nitrogen and oxygen atoms in total. The second-order valence-corrected chi connectivity index (χ2v) is 13.9. The maximum absolute atomic E-state index is 5.11. The van der Waals surface area contributed by atoms with Gasteiger partial charge < -0.3 is 4.57 Å². The Bertz CT molecular complexity index is 3060. The van der Waals surface area contributed by atoms with Crippen molar-refractivity contribution in [3.05, 3.63) is 140 Å². The minimum Gasteiger partial charge on any atom is -0.309 e. The number of benzene rings is 9. The van der Waals surface area contributed by atoms with Crippen LogP contribution in [0.2, 0.25) is 0 Å². The van der Waals surface area contributed by atoms with Crippen LogP contribution >= 0.6 is 11.3 Å². The molecule has 216 valence electrons. The first-order valence-corrected chi connectivity index (χ1v) is 16.9. The number of hydrogen-bond acceptors (Lipinski definition) is 2. The van der Waals surface area contributed by atoms with Crippen LogP contribution in [0.1, 0.15) is 0 Å². The second kappa shape index (κ2) is 8.43. The summed E-state index contributed by atoms with van der Waals surface area (Å²) in [4.78, 5) is 5.11. The number of nitrogens with zero attached hydrogens (tertiary/aromatic N) is 3. The van der Waals surface area contributed by atoms with Crippen molar-refractivity contribution in [1.82, 2.24) is 14.1 Å².